The van der Waals surface area contributed by atoms with Crippen molar-refractivity contribution in [3.05, 3.63) is 199 Å². The van der Waals surface area contributed by atoms with E-state index in [2.05, 4.69) is 164 Å². The lowest BCUT2D eigenvalue weighted by atomic mass is 9.65. The summed E-state index contributed by atoms with van der Waals surface area (Å²) in [5.41, 5.74) is 13.0. The van der Waals surface area contributed by atoms with E-state index < -0.39 is 0 Å². The van der Waals surface area contributed by atoms with Gasteiger partial charge in [0.25, 0.3) is 0 Å². The van der Waals surface area contributed by atoms with Crippen molar-refractivity contribution in [2.45, 2.75) is 37.5 Å². The summed E-state index contributed by atoms with van der Waals surface area (Å²) in [6, 6.07) is 67.0. The van der Waals surface area contributed by atoms with Crippen LogP contribution in [0.4, 0.5) is 0 Å². The van der Waals surface area contributed by atoms with Crippen molar-refractivity contribution in [1.82, 2.24) is 15.0 Å². The average Bonchev–Trinajstić information content (AvgIpc) is 3.27. The lowest BCUT2D eigenvalue weighted by molar-refractivity contribution is 0.346. The van der Waals surface area contributed by atoms with Crippen molar-refractivity contribution in [2.24, 2.45) is 0 Å². The van der Waals surface area contributed by atoms with Crippen molar-refractivity contribution < 1.29 is 0 Å². The molecule has 1 heterocycles. The Hall–Kier alpha value is -6.45. The van der Waals surface area contributed by atoms with Gasteiger partial charge in [0, 0.05) is 22.1 Å². The highest BCUT2D eigenvalue weighted by Crippen LogP contribution is 2.46. The standard InChI is InChI=1S/C51H41N3/c1-5-13-37(14-6-1)39-19-21-41(22-20-39)42-27-31-46(32-28-42)51(35-11-4-12-36-51)47-33-29-45(30-34-47)50-53-48(43-17-9-3-10-18-43)52-49(54-50)44-25-23-40(24-26-44)38-15-7-2-8-16-38/h1-3,5-10,13-34H,4,11-12,35-36H2. The summed E-state index contributed by atoms with van der Waals surface area (Å²) in [5, 5.41) is 0. The predicted octanol–water partition coefficient (Wildman–Crippen LogP) is 13.1. The highest BCUT2D eigenvalue weighted by Gasteiger charge is 2.35. The highest BCUT2D eigenvalue weighted by atomic mass is 15.0. The van der Waals surface area contributed by atoms with Crippen molar-refractivity contribution in [2.75, 3.05) is 0 Å². The molecule has 7 aromatic carbocycles. The van der Waals surface area contributed by atoms with Crippen LogP contribution in [0, 0.1) is 0 Å². The smallest absolute Gasteiger partial charge is 0.164 e. The van der Waals surface area contributed by atoms with Crippen LogP contribution in [0.15, 0.2) is 188 Å². The largest absolute Gasteiger partial charge is 0.208 e. The maximum absolute atomic E-state index is 5.06. The van der Waals surface area contributed by atoms with Crippen LogP contribution in [0.2, 0.25) is 0 Å². The summed E-state index contributed by atoms with van der Waals surface area (Å²) in [6.07, 6.45) is 6.03. The Kier molecular flexibility index (Phi) is 9.20. The molecule has 9 rings (SSSR count). The molecule has 3 heteroatoms. The molecular weight excluding hydrogens is 655 g/mol. The summed E-state index contributed by atoms with van der Waals surface area (Å²) in [5.74, 6) is 2.02. The lowest BCUT2D eigenvalue weighted by Crippen LogP contribution is -2.30. The number of rotatable bonds is 8. The Labute approximate surface area is 318 Å². The van der Waals surface area contributed by atoms with Gasteiger partial charge in [-0.1, -0.05) is 207 Å². The molecular formula is C51H41N3. The molecule has 8 aromatic rings. The van der Waals surface area contributed by atoms with Gasteiger partial charge >= 0.3 is 0 Å². The lowest BCUT2D eigenvalue weighted by Gasteiger charge is -2.39. The van der Waals surface area contributed by atoms with Gasteiger partial charge in [-0.25, -0.2) is 15.0 Å². The van der Waals surface area contributed by atoms with Crippen molar-refractivity contribution in [1.29, 1.82) is 0 Å². The molecule has 1 aliphatic carbocycles. The van der Waals surface area contributed by atoms with E-state index >= 15 is 0 Å². The van der Waals surface area contributed by atoms with Crippen LogP contribution in [0.1, 0.15) is 43.2 Å². The fourth-order valence-electron chi connectivity index (χ4n) is 8.10. The third-order valence-electron chi connectivity index (χ3n) is 11.1. The summed E-state index contributed by atoms with van der Waals surface area (Å²) < 4.78 is 0. The first-order chi connectivity index (χ1) is 26.7. The van der Waals surface area contributed by atoms with Gasteiger partial charge in [-0.2, -0.15) is 0 Å². The average molecular weight is 696 g/mol. The van der Waals surface area contributed by atoms with Gasteiger partial charge in [0.1, 0.15) is 0 Å². The molecule has 0 aliphatic heterocycles. The molecule has 0 bridgehead atoms. The number of benzene rings is 7. The molecule has 1 saturated carbocycles. The fraction of sp³-hybridized carbons (Fsp3) is 0.118. The van der Waals surface area contributed by atoms with Gasteiger partial charge in [0.05, 0.1) is 0 Å². The number of aromatic nitrogens is 3. The summed E-state index contributed by atoms with van der Waals surface area (Å²) in [6.45, 7) is 0. The first-order valence-corrected chi connectivity index (χ1v) is 19.1. The van der Waals surface area contributed by atoms with Gasteiger partial charge in [0.2, 0.25) is 0 Å². The monoisotopic (exact) mass is 695 g/mol. The van der Waals surface area contributed by atoms with Crippen molar-refractivity contribution >= 4 is 0 Å². The van der Waals surface area contributed by atoms with Crippen LogP contribution >= 0.6 is 0 Å². The second kappa shape index (κ2) is 14.9. The van der Waals surface area contributed by atoms with Crippen LogP contribution < -0.4 is 0 Å². The van der Waals surface area contributed by atoms with Gasteiger partial charge in [-0.05, 0) is 57.3 Å². The molecule has 54 heavy (non-hydrogen) atoms. The SMILES string of the molecule is c1ccc(-c2ccc(-c3ccc(C4(c5ccc(-c6nc(-c7ccccc7)nc(-c7ccc(-c8ccccc8)cc7)n6)cc5)CCCCC4)cc3)cc2)cc1. The van der Waals surface area contributed by atoms with E-state index in [9.17, 15) is 0 Å². The second-order valence-corrected chi connectivity index (χ2v) is 14.4. The quantitative estimate of drug-likeness (QED) is 0.159. The maximum atomic E-state index is 5.06. The predicted molar refractivity (Wildman–Crippen MR) is 223 cm³/mol. The Morgan fingerprint density at radius 1 is 0.259 bits per heavy atom. The Bertz CT molecular complexity index is 2450. The van der Waals surface area contributed by atoms with Crippen LogP contribution in [-0.2, 0) is 5.41 Å². The van der Waals surface area contributed by atoms with E-state index in [1.165, 1.54) is 58.2 Å². The van der Waals surface area contributed by atoms with E-state index in [4.69, 9.17) is 15.0 Å². The van der Waals surface area contributed by atoms with E-state index in [1.54, 1.807) is 0 Å². The molecule has 0 unspecified atom stereocenters. The molecule has 0 atom stereocenters. The minimum atomic E-state index is -0.0214. The topological polar surface area (TPSA) is 38.7 Å². The summed E-state index contributed by atoms with van der Waals surface area (Å²) >= 11 is 0. The first kappa shape index (κ1) is 33.4. The molecule has 0 N–H and O–H groups in total. The van der Waals surface area contributed by atoms with Gasteiger partial charge in [-0.15, -0.1) is 0 Å². The van der Waals surface area contributed by atoms with Gasteiger partial charge in [-0.3, -0.25) is 0 Å². The van der Waals surface area contributed by atoms with E-state index in [0.29, 0.717) is 17.5 Å². The molecule has 0 radical (unpaired) electrons. The minimum absolute atomic E-state index is 0.0214. The van der Waals surface area contributed by atoms with Crippen LogP contribution in [0.25, 0.3) is 67.5 Å². The van der Waals surface area contributed by atoms with Crippen LogP contribution in [0.3, 0.4) is 0 Å². The van der Waals surface area contributed by atoms with Crippen molar-refractivity contribution in [3.63, 3.8) is 0 Å². The molecule has 0 saturated heterocycles. The summed E-state index contributed by atoms with van der Waals surface area (Å²) in [4.78, 5) is 15.0. The molecule has 3 nitrogen and oxygen atoms in total. The normalized spacial score (nSPS) is 13.7. The zero-order chi connectivity index (χ0) is 36.2. The molecule has 260 valence electrons. The molecule has 0 amide bonds. The Morgan fingerprint density at radius 2 is 0.519 bits per heavy atom. The number of hydrogen-bond acceptors (Lipinski definition) is 3. The minimum Gasteiger partial charge on any atom is -0.208 e. The summed E-state index contributed by atoms with van der Waals surface area (Å²) in [7, 11) is 0. The van der Waals surface area contributed by atoms with Crippen molar-refractivity contribution in [3.8, 4) is 67.5 Å². The van der Waals surface area contributed by atoms with E-state index in [0.717, 1.165) is 35.1 Å². The Balaban J connectivity index is 1.03. The second-order valence-electron chi connectivity index (χ2n) is 14.4. The Morgan fingerprint density at radius 3 is 0.889 bits per heavy atom. The van der Waals surface area contributed by atoms with E-state index in [-0.39, 0.29) is 5.41 Å². The zero-order valence-corrected chi connectivity index (χ0v) is 30.3. The highest BCUT2D eigenvalue weighted by molar-refractivity contribution is 5.72. The van der Waals surface area contributed by atoms with Crippen LogP contribution in [0.5, 0.6) is 0 Å². The van der Waals surface area contributed by atoms with Gasteiger partial charge in [0.15, 0.2) is 17.5 Å². The maximum Gasteiger partial charge on any atom is 0.164 e. The zero-order valence-electron chi connectivity index (χ0n) is 30.3. The van der Waals surface area contributed by atoms with E-state index in [1.807, 2.05) is 24.3 Å². The molecule has 0 spiro atoms. The number of nitrogens with zero attached hydrogens (tertiary/aromatic N) is 3. The van der Waals surface area contributed by atoms with Crippen LogP contribution in [-0.4, -0.2) is 15.0 Å². The molecule has 1 aromatic heterocycles. The van der Waals surface area contributed by atoms with Gasteiger partial charge < -0.3 is 0 Å². The third-order valence-corrected chi connectivity index (χ3v) is 11.1. The number of hydrogen-bond donors (Lipinski definition) is 0. The first-order valence-electron chi connectivity index (χ1n) is 19.1. The fourth-order valence-corrected chi connectivity index (χ4v) is 8.10. The third kappa shape index (κ3) is 6.77. The molecule has 1 aliphatic rings. The molecule has 1 fully saturated rings.